The Morgan fingerprint density at radius 3 is 3.06 bits per heavy atom. The van der Waals surface area contributed by atoms with Crippen LogP contribution in [0.25, 0.3) is 0 Å². The predicted octanol–water partition coefficient (Wildman–Crippen LogP) is 2.28. The van der Waals surface area contributed by atoms with E-state index in [0.29, 0.717) is 18.3 Å². The number of nitro groups is 1. The molecule has 1 rings (SSSR count). The van der Waals surface area contributed by atoms with Crippen molar-refractivity contribution in [1.82, 2.24) is 4.98 Å². The molecular formula is C9H15N3O3S. The summed E-state index contributed by atoms with van der Waals surface area (Å²) in [5, 5.41) is 14.0. The van der Waals surface area contributed by atoms with Crippen molar-refractivity contribution in [2.45, 2.75) is 19.8 Å². The Morgan fingerprint density at radius 1 is 1.62 bits per heavy atom. The Labute approximate surface area is 97.8 Å². The molecule has 6 nitrogen and oxygen atoms in total. The van der Waals surface area contributed by atoms with Crippen LogP contribution in [0.3, 0.4) is 0 Å². The Balaban J connectivity index is 2.14. The number of unbranched alkanes of at least 4 members (excludes halogenated alkanes) is 1. The first-order valence-electron chi connectivity index (χ1n) is 5.16. The van der Waals surface area contributed by atoms with Crippen molar-refractivity contribution in [3.63, 3.8) is 0 Å². The van der Waals surface area contributed by atoms with Crippen LogP contribution in [0.5, 0.6) is 0 Å². The predicted molar refractivity (Wildman–Crippen MR) is 63.0 cm³/mol. The van der Waals surface area contributed by atoms with Crippen LogP contribution in [0.15, 0.2) is 6.20 Å². The smallest absolute Gasteiger partial charge is 0.345 e. The fourth-order valence-corrected chi connectivity index (χ4v) is 1.67. The lowest BCUT2D eigenvalue weighted by atomic mass is 10.4. The monoisotopic (exact) mass is 245 g/mol. The molecule has 0 spiro atoms. The van der Waals surface area contributed by atoms with Gasteiger partial charge in [-0.2, -0.15) is 0 Å². The van der Waals surface area contributed by atoms with Gasteiger partial charge in [0.25, 0.3) is 0 Å². The fourth-order valence-electron chi connectivity index (χ4n) is 1.01. The van der Waals surface area contributed by atoms with Crippen LogP contribution in [0, 0.1) is 10.1 Å². The summed E-state index contributed by atoms with van der Waals surface area (Å²) in [6, 6.07) is 0. The van der Waals surface area contributed by atoms with Gasteiger partial charge >= 0.3 is 5.00 Å². The molecule has 0 unspecified atom stereocenters. The number of hydrogen-bond acceptors (Lipinski definition) is 6. The van der Waals surface area contributed by atoms with Crippen LogP contribution in [0.1, 0.15) is 19.8 Å². The van der Waals surface area contributed by atoms with Gasteiger partial charge in [0.05, 0.1) is 11.5 Å². The van der Waals surface area contributed by atoms with Gasteiger partial charge in [-0.25, -0.2) is 4.98 Å². The van der Waals surface area contributed by atoms with Crippen LogP contribution in [0.4, 0.5) is 10.1 Å². The zero-order valence-corrected chi connectivity index (χ0v) is 9.96. The van der Waals surface area contributed by atoms with Gasteiger partial charge in [-0.05, 0) is 17.8 Å². The molecule has 16 heavy (non-hydrogen) atoms. The molecule has 1 aromatic heterocycles. The molecule has 0 saturated carbocycles. The van der Waals surface area contributed by atoms with Crippen molar-refractivity contribution in [2.75, 3.05) is 25.1 Å². The zero-order valence-electron chi connectivity index (χ0n) is 9.14. The molecule has 0 aromatic carbocycles. The number of aromatic nitrogens is 1. The average molecular weight is 245 g/mol. The van der Waals surface area contributed by atoms with Crippen molar-refractivity contribution in [2.24, 2.45) is 0 Å². The summed E-state index contributed by atoms with van der Waals surface area (Å²) in [4.78, 5) is 13.8. The van der Waals surface area contributed by atoms with Crippen molar-refractivity contribution in [3.05, 3.63) is 16.3 Å². The van der Waals surface area contributed by atoms with E-state index in [1.165, 1.54) is 6.20 Å². The number of ether oxygens (including phenoxy) is 1. The largest absolute Gasteiger partial charge is 0.380 e. The number of rotatable bonds is 8. The molecule has 0 atom stereocenters. The van der Waals surface area contributed by atoms with E-state index in [9.17, 15) is 10.1 Å². The van der Waals surface area contributed by atoms with E-state index in [-0.39, 0.29) is 5.00 Å². The highest BCUT2D eigenvalue weighted by atomic mass is 32.1. The van der Waals surface area contributed by atoms with Crippen LogP contribution in [-0.4, -0.2) is 29.7 Å². The first kappa shape index (κ1) is 12.9. The van der Waals surface area contributed by atoms with Crippen LogP contribution >= 0.6 is 11.3 Å². The molecule has 0 aliphatic heterocycles. The summed E-state index contributed by atoms with van der Waals surface area (Å²) in [5.41, 5.74) is 0. The standard InChI is InChI=1S/C9H15N3O3S/c1-2-3-5-15-6-4-10-9-11-7-8(16-9)12(13)14/h7H,2-6H2,1H3,(H,10,11). The maximum absolute atomic E-state index is 10.4. The highest BCUT2D eigenvalue weighted by molar-refractivity contribution is 7.18. The van der Waals surface area contributed by atoms with Crippen LogP contribution in [0.2, 0.25) is 0 Å². The molecule has 0 fully saturated rings. The maximum atomic E-state index is 10.4. The van der Waals surface area contributed by atoms with Crippen molar-refractivity contribution in [3.8, 4) is 0 Å². The van der Waals surface area contributed by atoms with Gasteiger partial charge in [0.15, 0.2) is 5.13 Å². The second-order valence-corrected chi connectivity index (χ2v) is 4.16. The molecule has 0 bridgehead atoms. The topological polar surface area (TPSA) is 77.3 Å². The van der Waals surface area contributed by atoms with Gasteiger partial charge in [-0.1, -0.05) is 13.3 Å². The van der Waals surface area contributed by atoms with Gasteiger partial charge in [0, 0.05) is 13.2 Å². The first-order chi connectivity index (χ1) is 7.74. The van der Waals surface area contributed by atoms with Gasteiger partial charge in [0.1, 0.15) is 6.20 Å². The summed E-state index contributed by atoms with van der Waals surface area (Å²) < 4.78 is 5.33. The molecule has 7 heteroatoms. The van der Waals surface area contributed by atoms with E-state index in [4.69, 9.17) is 4.74 Å². The molecule has 0 radical (unpaired) electrons. The van der Waals surface area contributed by atoms with E-state index in [1.807, 2.05) is 0 Å². The van der Waals surface area contributed by atoms with Gasteiger partial charge in [-0.3, -0.25) is 10.1 Å². The third-order valence-corrected chi connectivity index (χ3v) is 2.75. The summed E-state index contributed by atoms with van der Waals surface area (Å²) >= 11 is 1.03. The van der Waals surface area contributed by atoms with Crippen LogP contribution < -0.4 is 5.32 Å². The van der Waals surface area contributed by atoms with Crippen molar-refractivity contribution >= 4 is 21.5 Å². The lowest BCUT2D eigenvalue weighted by molar-refractivity contribution is -0.380. The molecule has 0 saturated heterocycles. The maximum Gasteiger partial charge on any atom is 0.345 e. The molecule has 1 aromatic rings. The summed E-state index contributed by atoms with van der Waals surface area (Å²) in [6.07, 6.45) is 3.43. The van der Waals surface area contributed by atoms with E-state index in [2.05, 4.69) is 17.2 Å². The quantitative estimate of drug-likeness (QED) is 0.432. The van der Waals surface area contributed by atoms with E-state index in [0.717, 1.165) is 30.8 Å². The Bertz CT molecular complexity index is 330. The molecule has 0 aliphatic rings. The lowest BCUT2D eigenvalue weighted by Crippen LogP contribution is -2.09. The molecular weight excluding hydrogens is 230 g/mol. The number of anilines is 1. The summed E-state index contributed by atoms with van der Waals surface area (Å²) in [7, 11) is 0. The molecule has 1 heterocycles. The van der Waals surface area contributed by atoms with Gasteiger partial charge in [0.2, 0.25) is 0 Å². The van der Waals surface area contributed by atoms with Gasteiger partial charge in [-0.15, -0.1) is 0 Å². The Hall–Kier alpha value is -1.21. The second-order valence-electron chi connectivity index (χ2n) is 3.15. The second kappa shape index (κ2) is 7.13. The third-order valence-electron chi connectivity index (χ3n) is 1.84. The SMILES string of the molecule is CCCCOCCNc1ncc([N+](=O)[O-])s1. The molecule has 90 valence electrons. The minimum atomic E-state index is -0.444. The average Bonchev–Trinajstić information content (AvgIpc) is 2.72. The van der Waals surface area contributed by atoms with Crippen molar-refractivity contribution < 1.29 is 9.66 Å². The van der Waals surface area contributed by atoms with E-state index in [1.54, 1.807) is 0 Å². The third kappa shape index (κ3) is 4.54. The first-order valence-corrected chi connectivity index (χ1v) is 5.97. The minimum absolute atomic E-state index is 0.0504. The zero-order chi connectivity index (χ0) is 11.8. The van der Waals surface area contributed by atoms with Crippen molar-refractivity contribution in [1.29, 1.82) is 0 Å². The molecule has 0 amide bonds. The highest BCUT2D eigenvalue weighted by Crippen LogP contribution is 2.24. The number of hydrogen-bond donors (Lipinski definition) is 1. The van der Waals surface area contributed by atoms with E-state index < -0.39 is 4.92 Å². The highest BCUT2D eigenvalue weighted by Gasteiger charge is 2.10. The molecule has 1 N–H and O–H groups in total. The Kier molecular flexibility index (Phi) is 5.73. The fraction of sp³-hybridized carbons (Fsp3) is 0.667. The lowest BCUT2D eigenvalue weighted by Gasteiger charge is -2.03. The minimum Gasteiger partial charge on any atom is -0.380 e. The number of nitrogens with one attached hydrogen (secondary N) is 1. The summed E-state index contributed by atoms with van der Waals surface area (Å²) in [5.74, 6) is 0. The molecule has 0 aliphatic carbocycles. The van der Waals surface area contributed by atoms with E-state index >= 15 is 0 Å². The van der Waals surface area contributed by atoms with Gasteiger partial charge < -0.3 is 10.1 Å². The number of thiazole rings is 1. The number of nitrogens with zero attached hydrogens (tertiary/aromatic N) is 2. The normalized spacial score (nSPS) is 10.3. The van der Waals surface area contributed by atoms with Crippen LogP contribution in [-0.2, 0) is 4.74 Å². The Morgan fingerprint density at radius 2 is 2.44 bits per heavy atom. The summed E-state index contributed by atoms with van der Waals surface area (Å²) in [6.45, 7) is 4.08.